The molecule has 1 fully saturated rings. The van der Waals surface area contributed by atoms with E-state index in [0.717, 1.165) is 17.4 Å². The monoisotopic (exact) mass is 290 g/mol. The zero-order valence-electron chi connectivity index (χ0n) is 14.1. The van der Waals surface area contributed by atoms with Gasteiger partial charge >= 0.3 is 7.12 Å². The summed E-state index contributed by atoms with van der Waals surface area (Å²) in [6.45, 7) is 13.1. The van der Waals surface area contributed by atoms with Crippen LogP contribution >= 0.6 is 0 Å². The highest BCUT2D eigenvalue weighted by atomic mass is 16.7. The van der Waals surface area contributed by atoms with Crippen molar-refractivity contribution in [3.05, 3.63) is 29.8 Å². The Morgan fingerprint density at radius 2 is 1.76 bits per heavy atom. The molecule has 1 aliphatic heterocycles. The van der Waals surface area contributed by atoms with Crippen LogP contribution in [0.2, 0.25) is 0 Å². The Kier molecular flexibility index (Phi) is 4.81. The average molecular weight is 290 g/mol. The van der Waals surface area contributed by atoms with Gasteiger partial charge in [-0.05, 0) is 52.1 Å². The van der Waals surface area contributed by atoms with Gasteiger partial charge in [0, 0.05) is 0 Å². The molecular weight excluding hydrogens is 263 g/mol. The highest BCUT2D eigenvalue weighted by molar-refractivity contribution is 6.62. The molecule has 1 aromatic rings. The summed E-state index contributed by atoms with van der Waals surface area (Å²) in [7, 11) is -0.307. The van der Waals surface area contributed by atoms with E-state index in [0.29, 0.717) is 6.61 Å². The second kappa shape index (κ2) is 6.11. The molecule has 21 heavy (non-hydrogen) atoms. The standard InChI is InChI=1S/C17H27BO3/c1-7-13(2)19-12-14-9-8-10-15(11-14)18-20-16(3,4)17(5,6)21-18/h8-11,13H,7,12H2,1-6H3. The number of hydrogen-bond donors (Lipinski definition) is 0. The van der Waals surface area contributed by atoms with E-state index in [9.17, 15) is 0 Å². The van der Waals surface area contributed by atoms with Crippen molar-refractivity contribution in [3.8, 4) is 0 Å². The van der Waals surface area contributed by atoms with E-state index >= 15 is 0 Å². The van der Waals surface area contributed by atoms with Gasteiger partial charge < -0.3 is 14.0 Å². The van der Waals surface area contributed by atoms with E-state index in [2.05, 4.69) is 59.7 Å². The van der Waals surface area contributed by atoms with E-state index in [1.807, 2.05) is 6.07 Å². The fourth-order valence-electron chi connectivity index (χ4n) is 2.16. The second-order valence-corrected chi connectivity index (χ2v) is 6.86. The predicted molar refractivity (Wildman–Crippen MR) is 86.7 cm³/mol. The molecule has 0 spiro atoms. The molecule has 0 aromatic heterocycles. The molecular formula is C17H27BO3. The summed E-state index contributed by atoms with van der Waals surface area (Å²) in [6, 6.07) is 8.28. The van der Waals surface area contributed by atoms with Gasteiger partial charge in [0.05, 0.1) is 23.9 Å². The molecule has 1 heterocycles. The molecule has 4 heteroatoms. The molecule has 1 aliphatic rings. The van der Waals surface area contributed by atoms with E-state index in [-0.39, 0.29) is 24.4 Å². The van der Waals surface area contributed by atoms with Crippen LogP contribution in [0.1, 0.15) is 53.5 Å². The molecule has 0 N–H and O–H groups in total. The molecule has 0 bridgehead atoms. The molecule has 1 atom stereocenters. The Morgan fingerprint density at radius 1 is 1.14 bits per heavy atom. The maximum atomic E-state index is 6.09. The normalized spacial score (nSPS) is 21.5. The molecule has 0 radical (unpaired) electrons. The lowest BCUT2D eigenvalue weighted by Crippen LogP contribution is -2.41. The van der Waals surface area contributed by atoms with Gasteiger partial charge in [-0.15, -0.1) is 0 Å². The van der Waals surface area contributed by atoms with E-state index in [1.165, 1.54) is 0 Å². The van der Waals surface area contributed by atoms with Crippen molar-refractivity contribution in [2.75, 3.05) is 0 Å². The summed E-state index contributed by atoms with van der Waals surface area (Å²) >= 11 is 0. The van der Waals surface area contributed by atoms with Crippen LogP contribution in [0.5, 0.6) is 0 Å². The zero-order valence-corrected chi connectivity index (χ0v) is 14.1. The molecule has 1 aromatic carbocycles. The van der Waals surface area contributed by atoms with Crippen LogP contribution in [0.15, 0.2) is 24.3 Å². The van der Waals surface area contributed by atoms with Crippen LogP contribution in [-0.4, -0.2) is 24.4 Å². The highest BCUT2D eigenvalue weighted by Gasteiger charge is 2.51. The minimum absolute atomic E-state index is 0.283. The summed E-state index contributed by atoms with van der Waals surface area (Å²) < 4.78 is 18.0. The van der Waals surface area contributed by atoms with Crippen LogP contribution in [0.25, 0.3) is 0 Å². The van der Waals surface area contributed by atoms with Crippen LogP contribution < -0.4 is 5.46 Å². The summed E-state index contributed by atoms with van der Waals surface area (Å²) in [5.74, 6) is 0. The minimum Gasteiger partial charge on any atom is -0.399 e. The highest BCUT2D eigenvalue weighted by Crippen LogP contribution is 2.36. The van der Waals surface area contributed by atoms with Crippen LogP contribution in [-0.2, 0) is 20.7 Å². The van der Waals surface area contributed by atoms with Gasteiger partial charge in [0.1, 0.15) is 0 Å². The number of rotatable bonds is 5. The molecule has 1 unspecified atom stereocenters. The lowest BCUT2D eigenvalue weighted by Gasteiger charge is -2.32. The van der Waals surface area contributed by atoms with E-state index < -0.39 is 0 Å². The first-order valence-corrected chi connectivity index (χ1v) is 7.81. The van der Waals surface area contributed by atoms with E-state index in [4.69, 9.17) is 14.0 Å². The Balaban J connectivity index is 2.08. The van der Waals surface area contributed by atoms with E-state index in [1.54, 1.807) is 0 Å². The van der Waals surface area contributed by atoms with Gasteiger partial charge in [0.2, 0.25) is 0 Å². The zero-order chi connectivity index (χ0) is 15.7. The van der Waals surface area contributed by atoms with Gasteiger partial charge in [-0.3, -0.25) is 0 Å². The van der Waals surface area contributed by atoms with Crippen molar-refractivity contribution >= 4 is 12.6 Å². The SMILES string of the molecule is CCC(C)OCc1cccc(B2OC(C)(C)C(C)(C)O2)c1. The molecule has 0 amide bonds. The Bertz CT molecular complexity index is 469. The van der Waals surface area contributed by atoms with Crippen molar-refractivity contribution in [1.82, 2.24) is 0 Å². The van der Waals surface area contributed by atoms with Crippen LogP contribution in [0.4, 0.5) is 0 Å². The summed E-state index contributed by atoms with van der Waals surface area (Å²) in [4.78, 5) is 0. The third-order valence-electron chi connectivity index (χ3n) is 4.59. The summed E-state index contributed by atoms with van der Waals surface area (Å²) in [6.07, 6.45) is 1.31. The second-order valence-electron chi connectivity index (χ2n) is 6.86. The quantitative estimate of drug-likeness (QED) is 0.779. The minimum atomic E-state index is -0.307. The lowest BCUT2D eigenvalue weighted by atomic mass is 9.78. The largest absolute Gasteiger partial charge is 0.494 e. The van der Waals surface area contributed by atoms with Gasteiger partial charge in [0.25, 0.3) is 0 Å². The molecule has 0 aliphatic carbocycles. The molecule has 116 valence electrons. The first-order valence-electron chi connectivity index (χ1n) is 7.81. The Labute approximate surface area is 129 Å². The first-order chi connectivity index (χ1) is 9.75. The van der Waals surface area contributed by atoms with Crippen molar-refractivity contribution < 1.29 is 14.0 Å². The molecule has 0 saturated carbocycles. The Morgan fingerprint density at radius 3 is 2.33 bits per heavy atom. The maximum absolute atomic E-state index is 6.09. The number of hydrogen-bond acceptors (Lipinski definition) is 3. The number of benzene rings is 1. The van der Waals surface area contributed by atoms with Gasteiger partial charge in [-0.2, -0.15) is 0 Å². The van der Waals surface area contributed by atoms with Crippen LogP contribution in [0.3, 0.4) is 0 Å². The summed E-state index contributed by atoms with van der Waals surface area (Å²) in [5.41, 5.74) is 1.60. The molecule has 1 saturated heterocycles. The Hall–Kier alpha value is -0.835. The average Bonchev–Trinajstić information content (AvgIpc) is 2.65. The van der Waals surface area contributed by atoms with Crippen molar-refractivity contribution in [3.63, 3.8) is 0 Å². The third-order valence-corrected chi connectivity index (χ3v) is 4.59. The summed E-state index contributed by atoms with van der Waals surface area (Å²) in [5, 5.41) is 0. The van der Waals surface area contributed by atoms with Crippen LogP contribution in [0, 0.1) is 0 Å². The smallest absolute Gasteiger partial charge is 0.399 e. The maximum Gasteiger partial charge on any atom is 0.494 e. The fraction of sp³-hybridized carbons (Fsp3) is 0.647. The van der Waals surface area contributed by atoms with Crippen molar-refractivity contribution in [1.29, 1.82) is 0 Å². The molecule has 3 nitrogen and oxygen atoms in total. The van der Waals surface area contributed by atoms with Gasteiger partial charge in [-0.25, -0.2) is 0 Å². The third kappa shape index (κ3) is 3.68. The van der Waals surface area contributed by atoms with Gasteiger partial charge in [0.15, 0.2) is 0 Å². The number of ether oxygens (including phenoxy) is 1. The van der Waals surface area contributed by atoms with Gasteiger partial charge in [-0.1, -0.05) is 31.2 Å². The van der Waals surface area contributed by atoms with Crippen molar-refractivity contribution in [2.24, 2.45) is 0 Å². The predicted octanol–water partition coefficient (Wildman–Crippen LogP) is 3.30. The first kappa shape index (κ1) is 16.5. The van der Waals surface area contributed by atoms with Crippen molar-refractivity contribution in [2.45, 2.75) is 71.9 Å². The fourth-order valence-corrected chi connectivity index (χ4v) is 2.16. The lowest BCUT2D eigenvalue weighted by molar-refractivity contribution is 0.00578. The topological polar surface area (TPSA) is 27.7 Å². The molecule has 2 rings (SSSR count).